The molecule has 3 aliphatic heterocycles. The molecule has 0 aromatic heterocycles. The smallest absolute Gasteiger partial charge is 0.329 e. The van der Waals surface area contributed by atoms with Crippen LogP contribution in [0.2, 0.25) is 0 Å². The largest absolute Gasteiger partial charge is 0.494 e. The van der Waals surface area contributed by atoms with Crippen molar-refractivity contribution in [3.63, 3.8) is 0 Å². The molecule has 0 spiro atoms. The minimum Gasteiger partial charge on any atom is -0.494 e. The maximum Gasteiger partial charge on any atom is 0.329 e. The number of benzene rings is 3. The molecule has 1 amide bonds. The molecule has 1 aliphatic carbocycles. The SMILES string of the molecule is COc1ccc(CC[C@H]2OC(=O)[C@@H]3CCCCN3C(=O)[C@@H](C3CCCCC3)c3cc(OC)c(c(OC)c3)OCCCCOc3cccc2c3)cc1OC. The lowest BCUT2D eigenvalue weighted by Crippen LogP contribution is -2.51. The van der Waals surface area contributed by atoms with Gasteiger partial charge in [-0.1, -0.05) is 37.5 Å². The summed E-state index contributed by atoms with van der Waals surface area (Å²) in [4.78, 5) is 31.2. The van der Waals surface area contributed by atoms with E-state index in [0.29, 0.717) is 73.5 Å². The van der Waals surface area contributed by atoms with Gasteiger partial charge in [0.1, 0.15) is 17.9 Å². The Balaban J connectivity index is 1.36. The van der Waals surface area contributed by atoms with Gasteiger partial charge in [0.25, 0.3) is 0 Å². The van der Waals surface area contributed by atoms with Gasteiger partial charge >= 0.3 is 5.97 Å². The van der Waals surface area contributed by atoms with Crippen LogP contribution < -0.4 is 28.4 Å². The number of aryl methyl sites for hydroxylation is 1. The van der Waals surface area contributed by atoms with Crippen LogP contribution in [0.3, 0.4) is 0 Å². The minimum atomic E-state index is -0.692. The molecular weight excluding hydrogens is 674 g/mol. The molecule has 4 bridgehead atoms. The second-order valence-electron chi connectivity index (χ2n) is 14.3. The number of carbonyl (C=O) groups is 2. The van der Waals surface area contributed by atoms with Crippen molar-refractivity contribution in [2.24, 2.45) is 5.92 Å². The Bertz CT molecular complexity index is 1660. The van der Waals surface area contributed by atoms with Crippen LogP contribution in [0.5, 0.6) is 34.5 Å². The lowest BCUT2D eigenvalue weighted by Gasteiger charge is -2.40. The predicted octanol–water partition coefficient (Wildman–Crippen LogP) is 8.23. The highest BCUT2D eigenvalue weighted by Crippen LogP contribution is 2.45. The van der Waals surface area contributed by atoms with E-state index >= 15 is 4.79 Å². The molecule has 3 heterocycles. The number of carbonyl (C=O) groups excluding carboxylic acids is 2. The normalized spacial score (nSPS) is 21.7. The maximum absolute atomic E-state index is 15.0. The highest BCUT2D eigenvalue weighted by molar-refractivity contribution is 5.89. The first-order valence-electron chi connectivity index (χ1n) is 19.3. The molecular formula is C43H55NO9. The number of hydrogen-bond donors (Lipinski definition) is 0. The van der Waals surface area contributed by atoms with Gasteiger partial charge in [-0.3, -0.25) is 4.79 Å². The number of rotatable bonds is 8. The molecule has 1 saturated heterocycles. The van der Waals surface area contributed by atoms with Crippen LogP contribution in [-0.4, -0.2) is 71.0 Å². The van der Waals surface area contributed by atoms with E-state index in [1.807, 2.05) is 54.6 Å². The molecule has 53 heavy (non-hydrogen) atoms. The summed E-state index contributed by atoms with van der Waals surface area (Å²) >= 11 is 0. The van der Waals surface area contributed by atoms with Gasteiger partial charge in [-0.2, -0.15) is 0 Å². The Labute approximate surface area is 314 Å². The highest BCUT2D eigenvalue weighted by Gasteiger charge is 2.41. The summed E-state index contributed by atoms with van der Waals surface area (Å²) in [5, 5.41) is 0. The van der Waals surface area contributed by atoms with Gasteiger partial charge < -0.3 is 38.1 Å². The maximum atomic E-state index is 15.0. The number of piperidine rings is 1. The Kier molecular flexibility index (Phi) is 13.3. The van der Waals surface area contributed by atoms with Gasteiger partial charge in [0.05, 0.1) is 47.6 Å². The first kappa shape index (κ1) is 38.1. The average Bonchev–Trinajstić information content (AvgIpc) is 3.20. The van der Waals surface area contributed by atoms with Crippen molar-refractivity contribution in [3.05, 3.63) is 71.3 Å². The molecule has 0 radical (unpaired) electrons. The van der Waals surface area contributed by atoms with Crippen molar-refractivity contribution in [1.82, 2.24) is 4.90 Å². The minimum absolute atomic E-state index is 0.0389. The van der Waals surface area contributed by atoms with Gasteiger partial charge in [-0.25, -0.2) is 4.79 Å². The molecule has 0 N–H and O–H groups in total. The second kappa shape index (κ2) is 18.4. The summed E-state index contributed by atoms with van der Waals surface area (Å²) in [6.07, 6.45) is 9.50. The van der Waals surface area contributed by atoms with Crippen molar-refractivity contribution < 1.29 is 42.7 Å². The van der Waals surface area contributed by atoms with Gasteiger partial charge in [0.2, 0.25) is 11.7 Å². The van der Waals surface area contributed by atoms with Crippen LogP contribution in [0.15, 0.2) is 54.6 Å². The topological polar surface area (TPSA) is 102 Å². The van der Waals surface area contributed by atoms with Crippen molar-refractivity contribution in [1.29, 1.82) is 0 Å². The zero-order valence-corrected chi connectivity index (χ0v) is 31.7. The lowest BCUT2D eigenvalue weighted by molar-refractivity contribution is -0.163. The Morgan fingerprint density at radius 3 is 2.09 bits per heavy atom. The van der Waals surface area contributed by atoms with E-state index in [9.17, 15) is 4.79 Å². The fourth-order valence-electron chi connectivity index (χ4n) is 8.14. The Morgan fingerprint density at radius 2 is 1.38 bits per heavy atom. The third-order valence-corrected chi connectivity index (χ3v) is 11.0. The summed E-state index contributed by atoms with van der Waals surface area (Å²) in [5.74, 6) is 2.84. The van der Waals surface area contributed by atoms with Crippen LogP contribution >= 0.6 is 0 Å². The molecule has 2 fully saturated rings. The van der Waals surface area contributed by atoms with E-state index in [1.165, 1.54) is 0 Å². The number of esters is 1. The fraction of sp³-hybridized carbons (Fsp3) is 0.535. The number of methoxy groups -OCH3 is 4. The Hall–Kier alpha value is -4.60. The zero-order chi connectivity index (χ0) is 37.2. The number of fused-ring (bicyclic) bond motifs is 10. The lowest BCUT2D eigenvalue weighted by atomic mass is 9.75. The number of hydrogen-bond acceptors (Lipinski definition) is 9. The van der Waals surface area contributed by atoms with Crippen LogP contribution in [0.1, 0.15) is 99.3 Å². The molecule has 3 atom stereocenters. The van der Waals surface area contributed by atoms with Crippen molar-refractivity contribution in [2.75, 3.05) is 48.2 Å². The fourth-order valence-corrected chi connectivity index (χ4v) is 8.14. The van der Waals surface area contributed by atoms with Crippen molar-refractivity contribution >= 4 is 11.9 Å². The van der Waals surface area contributed by atoms with Crippen molar-refractivity contribution in [3.8, 4) is 34.5 Å². The molecule has 286 valence electrons. The summed E-state index contributed by atoms with van der Waals surface area (Å²) in [5.41, 5.74) is 2.70. The van der Waals surface area contributed by atoms with E-state index in [0.717, 1.165) is 74.5 Å². The highest BCUT2D eigenvalue weighted by atomic mass is 16.5. The zero-order valence-electron chi connectivity index (χ0n) is 31.7. The van der Waals surface area contributed by atoms with Crippen LogP contribution in [0, 0.1) is 5.92 Å². The molecule has 0 unspecified atom stereocenters. The van der Waals surface area contributed by atoms with E-state index in [-0.39, 0.29) is 17.8 Å². The monoisotopic (exact) mass is 729 g/mol. The predicted molar refractivity (Wildman–Crippen MR) is 202 cm³/mol. The molecule has 10 nitrogen and oxygen atoms in total. The summed E-state index contributed by atoms with van der Waals surface area (Å²) in [6, 6.07) is 16.8. The van der Waals surface area contributed by atoms with E-state index in [4.69, 9.17) is 33.2 Å². The van der Waals surface area contributed by atoms with E-state index in [2.05, 4.69) is 0 Å². The second-order valence-corrected chi connectivity index (χ2v) is 14.3. The van der Waals surface area contributed by atoms with Crippen LogP contribution in [0.25, 0.3) is 0 Å². The average molecular weight is 730 g/mol. The van der Waals surface area contributed by atoms with Crippen LogP contribution in [0.4, 0.5) is 0 Å². The molecule has 10 heteroatoms. The molecule has 7 rings (SSSR count). The third-order valence-electron chi connectivity index (χ3n) is 11.0. The molecule has 3 aromatic carbocycles. The summed E-state index contributed by atoms with van der Waals surface area (Å²) in [6.45, 7) is 1.44. The van der Waals surface area contributed by atoms with Crippen LogP contribution in [-0.2, 0) is 20.7 Å². The van der Waals surface area contributed by atoms with Gasteiger partial charge in [-0.05, 0) is 117 Å². The molecule has 1 saturated carbocycles. The van der Waals surface area contributed by atoms with E-state index < -0.39 is 18.1 Å². The van der Waals surface area contributed by atoms with Crippen molar-refractivity contribution in [2.45, 2.75) is 95.1 Å². The third kappa shape index (κ3) is 9.14. The first-order valence-corrected chi connectivity index (χ1v) is 19.3. The molecule has 3 aromatic rings. The Morgan fingerprint density at radius 1 is 0.679 bits per heavy atom. The quantitative estimate of drug-likeness (QED) is 0.212. The van der Waals surface area contributed by atoms with Gasteiger partial charge in [0, 0.05) is 6.54 Å². The number of ether oxygens (including phenoxy) is 7. The van der Waals surface area contributed by atoms with Gasteiger partial charge in [-0.15, -0.1) is 0 Å². The number of nitrogens with zero attached hydrogens (tertiary/aromatic N) is 1. The summed E-state index contributed by atoms with van der Waals surface area (Å²) in [7, 11) is 6.46. The first-order chi connectivity index (χ1) is 25.9. The van der Waals surface area contributed by atoms with E-state index in [1.54, 1.807) is 33.3 Å². The number of amides is 1. The standard InChI is InChI=1S/C43H55NO9/c1-47-36-21-19-29(25-37(36)48-2)18-20-35-31-15-12-16-33(26-31)51-23-10-11-24-52-41-38(49-3)27-32(28-39(41)50-4)40(30-13-6-5-7-14-30)42(45)44-22-9-8-17-34(44)43(46)53-35/h12,15-16,19,21,25-28,30,34-35,40H,5-11,13-14,17-18,20,22-24H2,1-4H3/t34-,35+,40-/m0/s1. The molecule has 4 aliphatic rings. The van der Waals surface area contributed by atoms with Gasteiger partial charge in [0.15, 0.2) is 23.0 Å². The summed E-state index contributed by atoms with van der Waals surface area (Å²) < 4.78 is 41.6.